The summed E-state index contributed by atoms with van der Waals surface area (Å²) >= 11 is 0. The lowest BCUT2D eigenvalue weighted by Crippen LogP contribution is -2.10. The van der Waals surface area contributed by atoms with Crippen molar-refractivity contribution in [1.29, 1.82) is 0 Å². The van der Waals surface area contributed by atoms with Gasteiger partial charge in [0.05, 0.1) is 0 Å². The van der Waals surface area contributed by atoms with Crippen LogP contribution in [0.4, 0.5) is 0 Å². The quantitative estimate of drug-likeness (QED) is 0.333. The zero-order valence-electron chi connectivity index (χ0n) is 14.5. The van der Waals surface area contributed by atoms with E-state index >= 15 is 0 Å². The van der Waals surface area contributed by atoms with Crippen LogP contribution in [0.5, 0.6) is 0 Å². The molecule has 0 radical (unpaired) electrons. The minimum Gasteiger partial charge on any atom is -0.0622 e. The molecule has 0 aliphatic rings. The summed E-state index contributed by atoms with van der Waals surface area (Å²) in [5, 5.41) is 5.28. The molecule has 0 nitrogen and oxygen atoms in total. The Morgan fingerprint density at radius 1 is 0.542 bits per heavy atom. The molecular formula is C24H22. The van der Waals surface area contributed by atoms with Crippen LogP contribution in [0.1, 0.15) is 26.3 Å². The van der Waals surface area contributed by atoms with Crippen molar-refractivity contribution >= 4 is 21.5 Å². The average Bonchev–Trinajstić information content (AvgIpc) is 2.60. The van der Waals surface area contributed by atoms with Gasteiger partial charge in [-0.05, 0) is 49.7 Å². The van der Waals surface area contributed by atoms with Gasteiger partial charge in [-0.2, -0.15) is 0 Å². The number of hydrogen-bond acceptors (Lipinski definition) is 0. The number of benzene rings is 4. The van der Waals surface area contributed by atoms with Gasteiger partial charge in [0.15, 0.2) is 0 Å². The van der Waals surface area contributed by atoms with Gasteiger partial charge >= 0.3 is 0 Å². The summed E-state index contributed by atoms with van der Waals surface area (Å²) in [5.41, 5.74) is 4.10. The van der Waals surface area contributed by atoms with E-state index in [0.29, 0.717) is 0 Å². The first-order valence-electron chi connectivity index (χ1n) is 8.55. The first-order chi connectivity index (χ1) is 11.5. The SMILES string of the molecule is CC(C)(C)c1ccc2c(ccc3cc(-c4ccccc4)ccc32)c1. The molecule has 0 aromatic heterocycles. The highest BCUT2D eigenvalue weighted by Crippen LogP contribution is 2.32. The Morgan fingerprint density at radius 2 is 1.17 bits per heavy atom. The highest BCUT2D eigenvalue weighted by molar-refractivity contribution is 6.08. The third kappa shape index (κ3) is 2.59. The van der Waals surface area contributed by atoms with Crippen molar-refractivity contribution in [2.75, 3.05) is 0 Å². The van der Waals surface area contributed by atoms with Gasteiger partial charge in [0.2, 0.25) is 0 Å². The van der Waals surface area contributed by atoms with Crippen LogP contribution in [0, 0.1) is 0 Å². The summed E-state index contributed by atoms with van der Waals surface area (Å²) in [6.07, 6.45) is 0. The third-order valence-electron chi connectivity index (χ3n) is 4.81. The summed E-state index contributed by atoms with van der Waals surface area (Å²) in [4.78, 5) is 0. The van der Waals surface area contributed by atoms with Crippen LogP contribution >= 0.6 is 0 Å². The molecule has 0 unspecified atom stereocenters. The van der Waals surface area contributed by atoms with E-state index in [1.807, 2.05) is 0 Å². The molecule has 0 aliphatic heterocycles. The minimum atomic E-state index is 0.181. The molecule has 0 heteroatoms. The molecule has 0 amide bonds. The largest absolute Gasteiger partial charge is 0.0622 e. The average molecular weight is 310 g/mol. The lowest BCUT2D eigenvalue weighted by Gasteiger charge is -2.19. The zero-order valence-corrected chi connectivity index (χ0v) is 14.5. The summed E-state index contributed by atoms with van der Waals surface area (Å²) in [5.74, 6) is 0. The summed E-state index contributed by atoms with van der Waals surface area (Å²) in [7, 11) is 0. The molecule has 118 valence electrons. The molecule has 0 spiro atoms. The Balaban J connectivity index is 1.90. The van der Waals surface area contributed by atoms with Gasteiger partial charge in [0.25, 0.3) is 0 Å². The molecule has 4 aromatic carbocycles. The van der Waals surface area contributed by atoms with E-state index in [2.05, 4.69) is 99.6 Å². The van der Waals surface area contributed by atoms with Crippen LogP contribution in [0.3, 0.4) is 0 Å². The Bertz CT molecular complexity index is 1020. The van der Waals surface area contributed by atoms with E-state index in [9.17, 15) is 0 Å². The van der Waals surface area contributed by atoms with Crippen LogP contribution in [0.2, 0.25) is 0 Å². The summed E-state index contributed by atoms with van der Waals surface area (Å²) < 4.78 is 0. The zero-order chi connectivity index (χ0) is 16.7. The van der Waals surface area contributed by atoms with Gasteiger partial charge in [0.1, 0.15) is 0 Å². The molecule has 0 fully saturated rings. The maximum atomic E-state index is 2.33. The fraction of sp³-hybridized carbons (Fsp3) is 0.167. The molecule has 24 heavy (non-hydrogen) atoms. The van der Waals surface area contributed by atoms with Gasteiger partial charge in [-0.15, -0.1) is 0 Å². The van der Waals surface area contributed by atoms with Crippen LogP contribution in [-0.4, -0.2) is 0 Å². The van der Waals surface area contributed by atoms with Crippen molar-refractivity contribution in [3.63, 3.8) is 0 Å². The van der Waals surface area contributed by atoms with Crippen LogP contribution < -0.4 is 0 Å². The van der Waals surface area contributed by atoms with Gasteiger partial charge in [0, 0.05) is 0 Å². The first-order valence-corrected chi connectivity index (χ1v) is 8.55. The smallest absolute Gasteiger partial charge is 0.0105 e. The number of fused-ring (bicyclic) bond motifs is 3. The Labute approximate surface area is 143 Å². The Morgan fingerprint density at radius 3 is 1.83 bits per heavy atom. The predicted octanol–water partition coefficient (Wildman–Crippen LogP) is 6.96. The van der Waals surface area contributed by atoms with Gasteiger partial charge in [-0.25, -0.2) is 0 Å². The lowest BCUT2D eigenvalue weighted by molar-refractivity contribution is 0.591. The second-order valence-corrected chi connectivity index (χ2v) is 7.55. The van der Waals surface area contributed by atoms with Gasteiger partial charge < -0.3 is 0 Å². The highest BCUT2D eigenvalue weighted by atomic mass is 14.2. The maximum Gasteiger partial charge on any atom is -0.0105 e. The Kier molecular flexibility index (Phi) is 3.42. The fourth-order valence-electron chi connectivity index (χ4n) is 3.35. The molecule has 0 heterocycles. The molecule has 0 N–H and O–H groups in total. The van der Waals surface area contributed by atoms with E-state index in [-0.39, 0.29) is 5.41 Å². The van der Waals surface area contributed by atoms with Crippen molar-refractivity contribution in [3.05, 3.63) is 84.4 Å². The number of hydrogen-bond donors (Lipinski definition) is 0. The molecule has 0 aliphatic carbocycles. The molecule has 0 bridgehead atoms. The topological polar surface area (TPSA) is 0 Å². The second kappa shape index (κ2) is 5.49. The summed E-state index contributed by atoms with van der Waals surface area (Å²) in [6, 6.07) is 28.7. The molecule has 4 aromatic rings. The molecular weight excluding hydrogens is 288 g/mol. The van der Waals surface area contributed by atoms with E-state index in [1.54, 1.807) is 0 Å². The molecule has 4 rings (SSSR count). The third-order valence-corrected chi connectivity index (χ3v) is 4.81. The fourth-order valence-corrected chi connectivity index (χ4v) is 3.35. The Hall–Kier alpha value is -2.60. The van der Waals surface area contributed by atoms with Gasteiger partial charge in [-0.1, -0.05) is 93.6 Å². The van der Waals surface area contributed by atoms with Crippen molar-refractivity contribution in [2.24, 2.45) is 0 Å². The van der Waals surface area contributed by atoms with Crippen LogP contribution in [0.25, 0.3) is 32.7 Å². The second-order valence-electron chi connectivity index (χ2n) is 7.55. The predicted molar refractivity (Wildman–Crippen MR) is 106 cm³/mol. The molecule has 0 saturated heterocycles. The van der Waals surface area contributed by atoms with E-state index in [0.717, 1.165) is 0 Å². The van der Waals surface area contributed by atoms with Crippen molar-refractivity contribution < 1.29 is 0 Å². The standard InChI is InChI=1S/C24H22/c1-24(2,3)21-12-14-23-20(16-21)10-9-19-15-18(11-13-22(19)23)17-7-5-4-6-8-17/h4-16H,1-3H3. The van der Waals surface area contributed by atoms with E-state index < -0.39 is 0 Å². The highest BCUT2D eigenvalue weighted by Gasteiger charge is 2.14. The van der Waals surface area contributed by atoms with E-state index in [4.69, 9.17) is 0 Å². The van der Waals surface area contributed by atoms with Gasteiger partial charge in [-0.3, -0.25) is 0 Å². The molecule has 0 saturated carbocycles. The van der Waals surface area contributed by atoms with Crippen LogP contribution in [0.15, 0.2) is 78.9 Å². The van der Waals surface area contributed by atoms with Crippen molar-refractivity contribution in [1.82, 2.24) is 0 Å². The first kappa shape index (κ1) is 15.0. The van der Waals surface area contributed by atoms with Crippen LogP contribution in [-0.2, 0) is 5.41 Å². The van der Waals surface area contributed by atoms with Crippen molar-refractivity contribution in [2.45, 2.75) is 26.2 Å². The summed E-state index contributed by atoms with van der Waals surface area (Å²) in [6.45, 7) is 6.80. The monoisotopic (exact) mass is 310 g/mol. The van der Waals surface area contributed by atoms with E-state index in [1.165, 1.54) is 38.2 Å². The normalized spacial score (nSPS) is 12.0. The van der Waals surface area contributed by atoms with Crippen molar-refractivity contribution in [3.8, 4) is 11.1 Å². The minimum absolute atomic E-state index is 0.181. The number of rotatable bonds is 1. The molecule has 0 atom stereocenters. The lowest BCUT2D eigenvalue weighted by atomic mass is 9.85. The maximum absolute atomic E-state index is 2.33.